The summed E-state index contributed by atoms with van der Waals surface area (Å²) in [5.74, 6) is 1.04. The monoisotopic (exact) mass is 293 g/mol. The third-order valence-corrected chi connectivity index (χ3v) is 5.00. The molecule has 2 aromatic rings. The number of aryl methyl sites for hydroxylation is 1. The molecule has 6 nitrogen and oxygen atoms in total. The fourth-order valence-electron chi connectivity index (χ4n) is 1.96. The maximum Gasteiger partial charge on any atom is 0.235 e. The number of nitrogens with one attached hydrogen (secondary N) is 1. The van der Waals surface area contributed by atoms with Crippen molar-refractivity contribution in [3.63, 3.8) is 0 Å². The molecule has 1 aliphatic rings. The zero-order valence-corrected chi connectivity index (χ0v) is 11.9. The van der Waals surface area contributed by atoms with Gasteiger partial charge in [0.05, 0.1) is 17.4 Å². The van der Waals surface area contributed by atoms with Gasteiger partial charge in [-0.2, -0.15) is 4.98 Å². The summed E-state index contributed by atoms with van der Waals surface area (Å²) in [5, 5.41) is 3.48. The predicted molar refractivity (Wildman–Crippen MR) is 73.8 cm³/mol. The van der Waals surface area contributed by atoms with E-state index in [1.165, 1.54) is 0 Å². The predicted octanol–water partition coefficient (Wildman–Crippen LogP) is 1.87. The van der Waals surface area contributed by atoms with Gasteiger partial charge in [-0.1, -0.05) is 23.4 Å². The van der Waals surface area contributed by atoms with Crippen molar-refractivity contribution in [2.45, 2.75) is 31.4 Å². The number of hydrogen-bond donors (Lipinski definition) is 1. The average molecular weight is 293 g/mol. The molecule has 20 heavy (non-hydrogen) atoms. The number of rotatable bonds is 5. The molecule has 1 aromatic heterocycles. The van der Waals surface area contributed by atoms with E-state index < -0.39 is 10.0 Å². The number of sulfonamides is 1. The highest BCUT2D eigenvalue weighted by Crippen LogP contribution is 2.30. The molecule has 106 valence electrons. The van der Waals surface area contributed by atoms with Gasteiger partial charge in [0.15, 0.2) is 5.82 Å². The summed E-state index contributed by atoms with van der Waals surface area (Å²) < 4.78 is 31.7. The summed E-state index contributed by atoms with van der Waals surface area (Å²) in [6.45, 7) is 1.74. The van der Waals surface area contributed by atoms with Gasteiger partial charge in [0.1, 0.15) is 0 Å². The van der Waals surface area contributed by atoms with Gasteiger partial charge in [-0.05, 0) is 31.4 Å². The van der Waals surface area contributed by atoms with Crippen LogP contribution in [0.25, 0.3) is 0 Å². The van der Waals surface area contributed by atoms with E-state index >= 15 is 0 Å². The smallest absolute Gasteiger partial charge is 0.235 e. The Morgan fingerprint density at radius 3 is 2.75 bits per heavy atom. The van der Waals surface area contributed by atoms with Crippen LogP contribution in [0.4, 0.5) is 5.69 Å². The van der Waals surface area contributed by atoms with Crippen molar-refractivity contribution in [1.29, 1.82) is 0 Å². The van der Waals surface area contributed by atoms with Crippen LogP contribution in [0, 0.1) is 6.92 Å². The Morgan fingerprint density at radius 1 is 1.35 bits per heavy atom. The number of para-hydroxylation sites is 1. The molecular weight excluding hydrogens is 278 g/mol. The van der Waals surface area contributed by atoms with Crippen LogP contribution < -0.4 is 4.72 Å². The van der Waals surface area contributed by atoms with Crippen LogP contribution >= 0.6 is 0 Å². The largest absolute Gasteiger partial charge is 0.339 e. The van der Waals surface area contributed by atoms with E-state index in [1.807, 2.05) is 12.1 Å². The Labute approximate surface area is 117 Å². The molecule has 0 spiro atoms. The third kappa shape index (κ3) is 2.82. The first-order chi connectivity index (χ1) is 9.54. The van der Waals surface area contributed by atoms with Gasteiger partial charge in [0.2, 0.25) is 15.9 Å². The molecule has 1 aliphatic carbocycles. The lowest BCUT2D eigenvalue weighted by Gasteiger charge is -2.10. The first kappa shape index (κ1) is 13.1. The molecule has 1 N–H and O–H groups in total. The highest BCUT2D eigenvalue weighted by atomic mass is 32.2. The molecule has 3 rings (SSSR count). The van der Waals surface area contributed by atoms with Crippen LogP contribution in [0.2, 0.25) is 0 Å². The molecule has 0 atom stereocenters. The van der Waals surface area contributed by atoms with Crippen LogP contribution in [0.1, 0.15) is 30.1 Å². The zero-order chi connectivity index (χ0) is 14.2. The van der Waals surface area contributed by atoms with Gasteiger partial charge in [0, 0.05) is 0 Å². The van der Waals surface area contributed by atoms with Crippen molar-refractivity contribution in [2.75, 3.05) is 4.72 Å². The second-order valence-electron chi connectivity index (χ2n) is 4.92. The summed E-state index contributed by atoms with van der Waals surface area (Å²) >= 11 is 0. The van der Waals surface area contributed by atoms with Crippen LogP contribution in [0.3, 0.4) is 0 Å². The van der Waals surface area contributed by atoms with Gasteiger partial charge in [-0.15, -0.1) is 0 Å². The minimum atomic E-state index is -3.27. The lowest BCUT2D eigenvalue weighted by molar-refractivity contribution is 0.381. The quantitative estimate of drug-likeness (QED) is 0.909. The van der Waals surface area contributed by atoms with Crippen molar-refractivity contribution in [3.8, 4) is 0 Å². The van der Waals surface area contributed by atoms with Gasteiger partial charge in [0.25, 0.3) is 0 Å². The molecule has 0 saturated heterocycles. The van der Waals surface area contributed by atoms with Crippen LogP contribution in [-0.4, -0.2) is 23.8 Å². The van der Waals surface area contributed by atoms with Gasteiger partial charge in [-0.25, -0.2) is 8.42 Å². The topological polar surface area (TPSA) is 85.1 Å². The molecule has 1 heterocycles. The van der Waals surface area contributed by atoms with Crippen molar-refractivity contribution in [1.82, 2.24) is 10.1 Å². The second kappa shape index (κ2) is 4.90. The molecule has 7 heteroatoms. The molecule has 0 unspecified atom stereocenters. The number of nitrogens with zero attached hydrogens (tertiary/aromatic N) is 2. The Balaban J connectivity index is 1.84. The highest BCUT2D eigenvalue weighted by Gasteiger charge is 2.36. The normalized spacial score (nSPS) is 15.2. The molecule has 0 aliphatic heterocycles. The van der Waals surface area contributed by atoms with E-state index in [1.54, 1.807) is 19.1 Å². The van der Waals surface area contributed by atoms with Crippen LogP contribution in [0.5, 0.6) is 0 Å². The third-order valence-electron chi connectivity index (χ3n) is 3.14. The van der Waals surface area contributed by atoms with E-state index in [-0.39, 0.29) is 5.25 Å². The fourth-order valence-corrected chi connectivity index (χ4v) is 3.39. The van der Waals surface area contributed by atoms with Crippen molar-refractivity contribution < 1.29 is 12.9 Å². The van der Waals surface area contributed by atoms with Crippen LogP contribution in [0.15, 0.2) is 28.8 Å². The summed E-state index contributed by atoms with van der Waals surface area (Å²) in [4.78, 5) is 4.14. The molecule has 0 amide bonds. The summed E-state index contributed by atoms with van der Waals surface area (Å²) in [6, 6.07) is 7.25. The average Bonchev–Trinajstić information content (AvgIpc) is 3.17. The number of hydrogen-bond acceptors (Lipinski definition) is 5. The SMILES string of the molecule is Cc1noc(Cc2ccccc2NS(=O)(=O)C2CC2)n1. The number of benzene rings is 1. The molecule has 1 saturated carbocycles. The van der Waals surface area contributed by atoms with E-state index in [2.05, 4.69) is 14.9 Å². The minimum absolute atomic E-state index is 0.249. The Bertz CT molecular complexity index is 720. The maximum absolute atomic E-state index is 12.0. The standard InChI is InChI=1S/C13H15N3O3S/c1-9-14-13(19-15-9)8-10-4-2-3-5-12(10)16-20(17,18)11-6-7-11/h2-5,11,16H,6-8H2,1H3. The first-order valence-corrected chi connectivity index (χ1v) is 7.98. The summed E-state index contributed by atoms with van der Waals surface area (Å²) in [7, 11) is -3.27. The van der Waals surface area contributed by atoms with E-state index in [0.717, 1.165) is 18.4 Å². The first-order valence-electron chi connectivity index (χ1n) is 6.43. The molecular formula is C13H15N3O3S. The Hall–Kier alpha value is -1.89. The Kier molecular flexibility index (Phi) is 3.21. The zero-order valence-electron chi connectivity index (χ0n) is 11.0. The number of aromatic nitrogens is 2. The minimum Gasteiger partial charge on any atom is -0.339 e. The lowest BCUT2D eigenvalue weighted by atomic mass is 10.1. The summed E-state index contributed by atoms with van der Waals surface area (Å²) in [5.41, 5.74) is 1.40. The molecule has 1 aromatic carbocycles. The van der Waals surface area contributed by atoms with Crippen molar-refractivity contribution >= 4 is 15.7 Å². The molecule has 1 fully saturated rings. The van der Waals surface area contributed by atoms with Crippen LogP contribution in [-0.2, 0) is 16.4 Å². The van der Waals surface area contributed by atoms with Crippen molar-refractivity contribution in [2.24, 2.45) is 0 Å². The van der Waals surface area contributed by atoms with E-state index in [0.29, 0.717) is 23.8 Å². The fraction of sp³-hybridized carbons (Fsp3) is 0.385. The molecule has 0 radical (unpaired) electrons. The second-order valence-corrected chi connectivity index (χ2v) is 6.88. The highest BCUT2D eigenvalue weighted by molar-refractivity contribution is 7.93. The van der Waals surface area contributed by atoms with Gasteiger partial charge < -0.3 is 4.52 Å². The number of anilines is 1. The van der Waals surface area contributed by atoms with Crippen molar-refractivity contribution in [3.05, 3.63) is 41.5 Å². The van der Waals surface area contributed by atoms with Gasteiger partial charge in [-0.3, -0.25) is 4.72 Å². The van der Waals surface area contributed by atoms with Gasteiger partial charge >= 0.3 is 0 Å². The maximum atomic E-state index is 12.0. The molecule has 0 bridgehead atoms. The lowest BCUT2D eigenvalue weighted by Crippen LogP contribution is -2.18. The van der Waals surface area contributed by atoms with E-state index in [4.69, 9.17) is 4.52 Å². The van der Waals surface area contributed by atoms with E-state index in [9.17, 15) is 8.42 Å². The Morgan fingerprint density at radius 2 is 2.10 bits per heavy atom. The summed E-state index contributed by atoms with van der Waals surface area (Å²) in [6.07, 6.45) is 1.88.